The van der Waals surface area contributed by atoms with Gasteiger partial charge in [0.25, 0.3) is 5.91 Å². The quantitative estimate of drug-likeness (QED) is 0.136. The van der Waals surface area contributed by atoms with Gasteiger partial charge >= 0.3 is 0 Å². The number of hydrogen-bond donors (Lipinski definition) is 3. The number of para-hydroxylation sites is 1. The van der Waals surface area contributed by atoms with Gasteiger partial charge < -0.3 is 15.4 Å². The summed E-state index contributed by atoms with van der Waals surface area (Å²) >= 11 is 0. The van der Waals surface area contributed by atoms with Gasteiger partial charge in [0.1, 0.15) is 11.2 Å². The summed E-state index contributed by atoms with van der Waals surface area (Å²) in [5, 5.41) is 8.61. The molecule has 1 unspecified atom stereocenters. The third-order valence-electron chi connectivity index (χ3n) is 7.17. The first-order chi connectivity index (χ1) is 18.9. The summed E-state index contributed by atoms with van der Waals surface area (Å²) in [6.07, 6.45) is 3.84. The first-order valence-electron chi connectivity index (χ1n) is 13.3. The van der Waals surface area contributed by atoms with E-state index in [4.69, 9.17) is 15.7 Å². The first kappa shape index (κ1) is 27.9. The number of nitrogens with one attached hydrogen (secondary N) is 1. The molecule has 1 fully saturated rings. The SMILES string of the molecule is BC(C(N)=O)(c1ccccc1OCCCCCC(=O)NO)N(C(=O)c1ccc(-c2ccccc2)cc1)C1CC1. The van der Waals surface area contributed by atoms with Gasteiger partial charge in [-0.3, -0.25) is 19.6 Å². The fourth-order valence-corrected chi connectivity index (χ4v) is 4.82. The van der Waals surface area contributed by atoms with Crippen LogP contribution in [0.5, 0.6) is 5.75 Å². The minimum absolute atomic E-state index is 0.102. The van der Waals surface area contributed by atoms with Gasteiger partial charge in [-0.05, 0) is 61.4 Å². The Labute approximate surface area is 229 Å². The van der Waals surface area contributed by atoms with Crippen molar-refractivity contribution in [1.82, 2.24) is 10.4 Å². The predicted molar refractivity (Wildman–Crippen MR) is 151 cm³/mol. The zero-order valence-electron chi connectivity index (χ0n) is 22.1. The smallest absolute Gasteiger partial charge is 0.254 e. The van der Waals surface area contributed by atoms with Crippen LogP contribution in [0, 0.1) is 0 Å². The summed E-state index contributed by atoms with van der Waals surface area (Å²) in [4.78, 5) is 39.9. The van der Waals surface area contributed by atoms with E-state index in [0.29, 0.717) is 36.3 Å². The molecule has 8 nitrogen and oxygen atoms in total. The molecule has 9 heteroatoms. The van der Waals surface area contributed by atoms with E-state index >= 15 is 0 Å². The first-order valence-corrected chi connectivity index (χ1v) is 13.3. The van der Waals surface area contributed by atoms with Crippen LogP contribution in [0.2, 0.25) is 0 Å². The van der Waals surface area contributed by atoms with E-state index in [9.17, 15) is 14.4 Å². The molecule has 0 aliphatic heterocycles. The number of unbranched alkanes of at least 4 members (excludes halogenated alkanes) is 2. The Hall–Kier alpha value is -4.11. The molecule has 3 amide bonds. The van der Waals surface area contributed by atoms with Gasteiger partial charge in [0.15, 0.2) is 7.85 Å². The van der Waals surface area contributed by atoms with Crippen molar-refractivity contribution in [3.05, 3.63) is 90.0 Å². The molecule has 0 bridgehead atoms. The van der Waals surface area contributed by atoms with Crippen LogP contribution in [-0.4, -0.2) is 48.3 Å². The van der Waals surface area contributed by atoms with E-state index in [2.05, 4.69) is 0 Å². The van der Waals surface area contributed by atoms with E-state index in [0.717, 1.165) is 30.4 Å². The standard InChI is InChI=1S/C30H34BN3O5/c31-30(29(32)37,25-11-6-7-12-26(25)39-20-8-2-5-13-27(35)33-38)34(24-18-19-24)28(36)23-16-14-22(15-17-23)21-9-3-1-4-10-21/h1,3-4,6-7,9-12,14-17,24,38H,2,5,8,13,18-20,31H2,(H2,32,37)(H,33,35). The highest BCUT2D eigenvalue weighted by Crippen LogP contribution is 2.41. The number of primary amides is 1. The van der Waals surface area contributed by atoms with Crippen LogP contribution >= 0.6 is 0 Å². The average molecular weight is 527 g/mol. The molecule has 0 spiro atoms. The zero-order valence-corrected chi connectivity index (χ0v) is 22.1. The highest BCUT2D eigenvalue weighted by atomic mass is 16.5. The minimum Gasteiger partial charge on any atom is -0.493 e. The topological polar surface area (TPSA) is 122 Å². The monoisotopic (exact) mass is 527 g/mol. The number of carbonyl (C=O) groups is 3. The number of hydrogen-bond acceptors (Lipinski definition) is 5. The Balaban J connectivity index is 1.56. The second-order valence-corrected chi connectivity index (χ2v) is 9.98. The molecule has 4 N–H and O–H groups in total. The van der Waals surface area contributed by atoms with Crippen molar-refractivity contribution in [2.45, 2.75) is 50.0 Å². The van der Waals surface area contributed by atoms with Gasteiger partial charge in [-0.1, -0.05) is 60.7 Å². The second kappa shape index (κ2) is 12.6. The molecular formula is C30H34BN3O5. The number of carbonyl (C=O) groups excluding carboxylic acids is 3. The highest BCUT2D eigenvalue weighted by molar-refractivity contribution is 6.30. The van der Waals surface area contributed by atoms with E-state index in [-0.39, 0.29) is 18.4 Å². The molecule has 1 atom stereocenters. The Kier molecular flexibility index (Phi) is 9.04. The largest absolute Gasteiger partial charge is 0.493 e. The number of rotatable bonds is 13. The van der Waals surface area contributed by atoms with Gasteiger partial charge in [-0.15, -0.1) is 0 Å². The van der Waals surface area contributed by atoms with Crippen LogP contribution < -0.4 is 16.0 Å². The lowest BCUT2D eigenvalue weighted by atomic mass is 9.69. The van der Waals surface area contributed by atoms with Crippen molar-refractivity contribution < 1.29 is 24.3 Å². The van der Waals surface area contributed by atoms with E-state index in [1.807, 2.05) is 48.5 Å². The Bertz CT molecular complexity index is 1300. The maximum Gasteiger partial charge on any atom is 0.254 e. The van der Waals surface area contributed by atoms with E-state index in [1.165, 1.54) is 0 Å². The normalized spacial score (nSPS) is 14.2. The van der Waals surface area contributed by atoms with Crippen LogP contribution in [0.4, 0.5) is 0 Å². The number of nitrogens with two attached hydrogens (primary N) is 1. The predicted octanol–water partition coefficient (Wildman–Crippen LogP) is 3.37. The molecule has 3 aromatic rings. The Morgan fingerprint density at radius 3 is 2.21 bits per heavy atom. The van der Waals surface area contributed by atoms with Crippen molar-refractivity contribution in [3.8, 4) is 16.9 Å². The molecule has 1 saturated carbocycles. The van der Waals surface area contributed by atoms with Crippen molar-refractivity contribution >= 4 is 25.6 Å². The van der Waals surface area contributed by atoms with Crippen molar-refractivity contribution in [3.63, 3.8) is 0 Å². The third kappa shape index (κ3) is 6.49. The molecule has 4 rings (SSSR count). The summed E-state index contributed by atoms with van der Waals surface area (Å²) in [6, 6.07) is 24.4. The number of hydroxylamine groups is 1. The van der Waals surface area contributed by atoms with Gasteiger partial charge in [0.2, 0.25) is 11.8 Å². The van der Waals surface area contributed by atoms with E-state index in [1.54, 1.807) is 48.6 Å². The van der Waals surface area contributed by atoms with Crippen molar-refractivity contribution in [2.24, 2.45) is 5.73 Å². The minimum atomic E-state index is -1.42. The molecule has 1 aliphatic carbocycles. The van der Waals surface area contributed by atoms with E-state index < -0.39 is 17.3 Å². The summed E-state index contributed by atoms with van der Waals surface area (Å²) in [5.41, 5.74) is 9.33. The maximum atomic E-state index is 13.9. The maximum absolute atomic E-state index is 13.9. The lowest BCUT2D eigenvalue weighted by Gasteiger charge is -2.41. The molecule has 202 valence electrons. The fraction of sp³-hybridized carbons (Fsp3) is 0.300. The number of nitrogens with zero attached hydrogens (tertiary/aromatic N) is 1. The number of amides is 3. The zero-order chi connectivity index (χ0) is 27.8. The second-order valence-electron chi connectivity index (χ2n) is 9.98. The lowest BCUT2D eigenvalue weighted by Crippen LogP contribution is -2.59. The summed E-state index contributed by atoms with van der Waals surface area (Å²) in [7, 11) is 1.69. The number of ether oxygens (including phenoxy) is 1. The number of benzene rings is 3. The van der Waals surface area contributed by atoms with Gasteiger partial charge in [0.05, 0.1) is 6.61 Å². The van der Waals surface area contributed by atoms with Gasteiger partial charge in [0, 0.05) is 23.6 Å². The summed E-state index contributed by atoms with van der Waals surface area (Å²) in [6.45, 7) is 0.366. The Morgan fingerprint density at radius 1 is 0.923 bits per heavy atom. The van der Waals surface area contributed by atoms with Crippen LogP contribution in [0.3, 0.4) is 0 Å². The van der Waals surface area contributed by atoms with Crippen LogP contribution in [0.1, 0.15) is 54.4 Å². The molecular weight excluding hydrogens is 493 g/mol. The fourth-order valence-electron chi connectivity index (χ4n) is 4.82. The molecule has 0 heterocycles. The van der Waals surface area contributed by atoms with Crippen molar-refractivity contribution in [1.29, 1.82) is 0 Å². The van der Waals surface area contributed by atoms with Crippen LogP contribution in [-0.2, 0) is 15.0 Å². The van der Waals surface area contributed by atoms with Gasteiger partial charge in [-0.25, -0.2) is 5.48 Å². The highest BCUT2D eigenvalue weighted by Gasteiger charge is 2.50. The van der Waals surface area contributed by atoms with Gasteiger partial charge in [-0.2, -0.15) is 0 Å². The Morgan fingerprint density at radius 2 is 1.56 bits per heavy atom. The molecule has 3 aromatic carbocycles. The molecule has 0 radical (unpaired) electrons. The molecule has 0 aromatic heterocycles. The average Bonchev–Trinajstić information content (AvgIpc) is 3.80. The third-order valence-corrected chi connectivity index (χ3v) is 7.17. The van der Waals surface area contributed by atoms with Crippen molar-refractivity contribution in [2.75, 3.05) is 6.61 Å². The van der Waals surface area contributed by atoms with Crippen LogP contribution in [0.25, 0.3) is 11.1 Å². The molecule has 39 heavy (non-hydrogen) atoms. The summed E-state index contributed by atoms with van der Waals surface area (Å²) in [5.74, 6) is -0.812. The summed E-state index contributed by atoms with van der Waals surface area (Å²) < 4.78 is 6.07. The lowest BCUT2D eigenvalue weighted by molar-refractivity contribution is -0.129. The molecule has 0 saturated heterocycles. The molecule has 1 aliphatic rings. The van der Waals surface area contributed by atoms with Crippen LogP contribution in [0.15, 0.2) is 78.9 Å².